The summed E-state index contributed by atoms with van der Waals surface area (Å²) in [5, 5.41) is 18.3. The Balaban J connectivity index is 1.50. The number of aliphatic hydroxyl groups excluding tert-OH is 1. The van der Waals surface area contributed by atoms with Gasteiger partial charge in [0.15, 0.2) is 5.82 Å². The van der Waals surface area contributed by atoms with Crippen LogP contribution in [-0.4, -0.2) is 63.7 Å². The second-order valence-electron chi connectivity index (χ2n) is 6.15. The van der Waals surface area contributed by atoms with Crippen molar-refractivity contribution in [3.63, 3.8) is 0 Å². The van der Waals surface area contributed by atoms with Gasteiger partial charge in [0.25, 0.3) is 0 Å². The Labute approximate surface area is 141 Å². The molecule has 7 nitrogen and oxygen atoms in total. The van der Waals surface area contributed by atoms with E-state index < -0.39 is 6.10 Å². The zero-order chi connectivity index (χ0) is 16.9. The van der Waals surface area contributed by atoms with Crippen molar-refractivity contribution < 1.29 is 14.6 Å². The molecule has 0 radical (unpaired) electrons. The standard InChI is InChI=1S/C17H24N4O3/c1-13-5-3-4-6-15(13)24-11-14(22)9-21-7-8-23-16(10-21)17-19-18-12-20(17)2/h3-6,12,14,16,22H,7-11H2,1-2H3/t14-,16-/m0/s1. The van der Waals surface area contributed by atoms with Gasteiger partial charge in [0.05, 0.1) is 6.61 Å². The van der Waals surface area contributed by atoms with Crippen molar-refractivity contribution in [3.8, 4) is 5.75 Å². The Kier molecular flexibility index (Phi) is 5.44. The van der Waals surface area contributed by atoms with Crippen LogP contribution in [0.4, 0.5) is 0 Å². The van der Waals surface area contributed by atoms with Gasteiger partial charge in [0, 0.05) is 26.7 Å². The smallest absolute Gasteiger partial charge is 0.163 e. The molecule has 1 aromatic heterocycles. The van der Waals surface area contributed by atoms with Crippen LogP contribution in [0.15, 0.2) is 30.6 Å². The summed E-state index contributed by atoms with van der Waals surface area (Å²) in [5.74, 6) is 1.63. The fourth-order valence-electron chi connectivity index (χ4n) is 2.86. The molecule has 1 fully saturated rings. The minimum atomic E-state index is -0.553. The van der Waals surface area contributed by atoms with E-state index in [1.807, 2.05) is 42.8 Å². The molecular weight excluding hydrogens is 308 g/mol. The molecule has 130 valence electrons. The van der Waals surface area contributed by atoms with E-state index in [1.165, 1.54) is 0 Å². The lowest BCUT2D eigenvalue weighted by Gasteiger charge is -2.33. The number of aromatic nitrogens is 3. The number of morpholine rings is 1. The lowest BCUT2D eigenvalue weighted by Crippen LogP contribution is -2.44. The number of benzene rings is 1. The summed E-state index contributed by atoms with van der Waals surface area (Å²) < 4.78 is 13.4. The predicted molar refractivity (Wildman–Crippen MR) is 88.8 cm³/mol. The van der Waals surface area contributed by atoms with E-state index in [-0.39, 0.29) is 12.7 Å². The second kappa shape index (κ2) is 7.74. The Bertz CT molecular complexity index is 661. The fraction of sp³-hybridized carbons (Fsp3) is 0.529. The van der Waals surface area contributed by atoms with E-state index in [2.05, 4.69) is 15.1 Å². The van der Waals surface area contributed by atoms with E-state index in [9.17, 15) is 5.11 Å². The number of nitrogens with zero attached hydrogens (tertiary/aromatic N) is 4. The van der Waals surface area contributed by atoms with Crippen LogP contribution in [0, 0.1) is 6.92 Å². The molecule has 0 saturated carbocycles. The van der Waals surface area contributed by atoms with Crippen LogP contribution >= 0.6 is 0 Å². The van der Waals surface area contributed by atoms with Crippen molar-refractivity contribution in [2.45, 2.75) is 19.1 Å². The molecule has 1 aliphatic heterocycles. The molecular formula is C17H24N4O3. The molecule has 7 heteroatoms. The quantitative estimate of drug-likeness (QED) is 0.849. The van der Waals surface area contributed by atoms with Gasteiger partial charge in [-0.25, -0.2) is 0 Å². The van der Waals surface area contributed by atoms with Gasteiger partial charge >= 0.3 is 0 Å². The maximum Gasteiger partial charge on any atom is 0.163 e. The molecule has 1 aromatic carbocycles. The lowest BCUT2D eigenvalue weighted by atomic mass is 10.2. The second-order valence-corrected chi connectivity index (χ2v) is 6.15. The topological polar surface area (TPSA) is 72.6 Å². The first-order valence-electron chi connectivity index (χ1n) is 8.18. The van der Waals surface area contributed by atoms with E-state index >= 15 is 0 Å². The number of para-hydroxylation sites is 1. The average Bonchev–Trinajstić information content (AvgIpc) is 3.00. The van der Waals surface area contributed by atoms with E-state index in [1.54, 1.807) is 6.33 Å². The molecule has 1 aliphatic rings. The Hall–Kier alpha value is -1.96. The van der Waals surface area contributed by atoms with Crippen molar-refractivity contribution >= 4 is 0 Å². The summed E-state index contributed by atoms with van der Waals surface area (Å²) in [5.41, 5.74) is 1.07. The number of β-amino-alcohol motifs (C(OH)–C–C–N with tert-alkyl or cyclic N) is 1. The molecule has 2 atom stereocenters. The van der Waals surface area contributed by atoms with Gasteiger partial charge in [-0.15, -0.1) is 10.2 Å². The minimum absolute atomic E-state index is 0.115. The molecule has 0 bridgehead atoms. The lowest BCUT2D eigenvalue weighted by molar-refractivity contribution is -0.0506. The summed E-state index contributed by atoms with van der Waals surface area (Å²) in [7, 11) is 1.91. The van der Waals surface area contributed by atoms with Gasteiger partial charge in [0.2, 0.25) is 0 Å². The molecule has 2 heterocycles. The average molecular weight is 332 g/mol. The normalized spacial score (nSPS) is 20.0. The maximum absolute atomic E-state index is 10.3. The molecule has 2 aromatic rings. The molecule has 3 rings (SSSR count). The van der Waals surface area contributed by atoms with Crippen molar-refractivity contribution in [3.05, 3.63) is 42.0 Å². The first-order chi connectivity index (χ1) is 11.6. The Morgan fingerprint density at radius 3 is 3.00 bits per heavy atom. The third kappa shape index (κ3) is 4.11. The van der Waals surface area contributed by atoms with Gasteiger partial charge in [-0.1, -0.05) is 18.2 Å². The number of aryl methyl sites for hydroxylation is 2. The minimum Gasteiger partial charge on any atom is -0.491 e. The van der Waals surface area contributed by atoms with Gasteiger partial charge in [0.1, 0.15) is 30.9 Å². The molecule has 24 heavy (non-hydrogen) atoms. The van der Waals surface area contributed by atoms with Crippen LogP contribution in [-0.2, 0) is 11.8 Å². The summed E-state index contributed by atoms with van der Waals surface area (Å²) in [4.78, 5) is 2.18. The zero-order valence-electron chi connectivity index (χ0n) is 14.1. The van der Waals surface area contributed by atoms with Crippen LogP contribution in [0.2, 0.25) is 0 Å². The largest absolute Gasteiger partial charge is 0.491 e. The van der Waals surface area contributed by atoms with Gasteiger partial charge < -0.3 is 19.1 Å². The first-order valence-corrected chi connectivity index (χ1v) is 8.18. The molecule has 0 unspecified atom stereocenters. The Morgan fingerprint density at radius 2 is 2.25 bits per heavy atom. The van der Waals surface area contributed by atoms with Crippen molar-refractivity contribution in [1.82, 2.24) is 19.7 Å². The highest BCUT2D eigenvalue weighted by Crippen LogP contribution is 2.20. The van der Waals surface area contributed by atoms with Gasteiger partial charge in [-0.3, -0.25) is 4.90 Å². The van der Waals surface area contributed by atoms with E-state index in [0.717, 1.165) is 23.7 Å². The van der Waals surface area contributed by atoms with E-state index in [0.29, 0.717) is 19.7 Å². The fourth-order valence-corrected chi connectivity index (χ4v) is 2.86. The van der Waals surface area contributed by atoms with Gasteiger partial charge in [-0.2, -0.15) is 0 Å². The summed E-state index contributed by atoms with van der Waals surface area (Å²) in [6, 6.07) is 7.82. The van der Waals surface area contributed by atoms with Crippen molar-refractivity contribution in [2.75, 3.05) is 32.8 Å². The van der Waals surface area contributed by atoms with Crippen LogP contribution in [0.25, 0.3) is 0 Å². The maximum atomic E-state index is 10.3. The zero-order valence-corrected chi connectivity index (χ0v) is 14.1. The van der Waals surface area contributed by atoms with Crippen LogP contribution < -0.4 is 4.74 Å². The first kappa shape index (κ1) is 16.9. The number of ether oxygens (including phenoxy) is 2. The number of rotatable bonds is 6. The highest BCUT2D eigenvalue weighted by Gasteiger charge is 2.26. The number of hydrogen-bond acceptors (Lipinski definition) is 6. The van der Waals surface area contributed by atoms with Crippen LogP contribution in [0.3, 0.4) is 0 Å². The third-order valence-corrected chi connectivity index (χ3v) is 4.18. The van der Waals surface area contributed by atoms with Crippen molar-refractivity contribution in [1.29, 1.82) is 0 Å². The summed E-state index contributed by atoms with van der Waals surface area (Å²) in [6.45, 7) is 4.91. The monoisotopic (exact) mass is 332 g/mol. The molecule has 0 aliphatic carbocycles. The number of hydrogen-bond donors (Lipinski definition) is 1. The van der Waals surface area contributed by atoms with Crippen molar-refractivity contribution in [2.24, 2.45) is 7.05 Å². The van der Waals surface area contributed by atoms with Gasteiger partial charge in [-0.05, 0) is 18.6 Å². The molecule has 1 N–H and O–H groups in total. The Morgan fingerprint density at radius 1 is 1.42 bits per heavy atom. The third-order valence-electron chi connectivity index (χ3n) is 4.18. The highest BCUT2D eigenvalue weighted by molar-refractivity contribution is 5.31. The van der Waals surface area contributed by atoms with Crippen LogP contribution in [0.5, 0.6) is 5.75 Å². The van der Waals surface area contributed by atoms with Crippen LogP contribution in [0.1, 0.15) is 17.5 Å². The molecule has 0 amide bonds. The molecule has 0 spiro atoms. The highest BCUT2D eigenvalue weighted by atomic mass is 16.5. The molecule has 1 saturated heterocycles. The predicted octanol–water partition coefficient (Wildman–Crippen LogP) is 0.937. The van der Waals surface area contributed by atoms with E-state index in [4.69, 9.17) is 9.47 Å². The summed E-state index contributed by atoms with van der Waals surface area (Å²) >= 11 is 0. The SMILES string of the molecule is Cc1ccccc1OC[C@@H](O)CN1CCO[C@H](c2nncn2C)C1. The number of aliphatic hydroxyl groups is 1. The summed E-state index contributed by atoms with van der Waals surface area (Å²) in [6.07, 6.45) is 1.00.